The number of aliphatic hydroxyl groups excluding tert-OH is 1. The van der Waals surface area contributed by atoms with Crippen molar-refractivity contribution in [3.63, 3.8) is 0 Å². The number of hydrogen-bond donors (Lipinski definition) is 2. The van der Waals surface area contributed by atoms with Gasteiger partial charge in [-0.2, -0.15) is 0 Å². The summed E-state index contributed by atoms with van der Waals surface area (Å²) in [5, 5.41) is 12.7. The molecule has 0 aromatic heterocycles. The molecule has 0 bridgehead atoms. The summed E-state index contributed by atoms with van der Waals surface area (Å²) in [6, 6.07) is 8.70. The molecule has 132 valence electrons. The minimum absolute atomic E-state index is 0.0565. The van der Waals surface area contributed by atoms with E-state index >= 15 is 0 Å². The molecule has 2 aromatic carbocycles. The number of halogens is 1. The van der Waals surface area contributed by atoms with Gasteiger partial charge in [0.1, 0.15) is 19.0 Å². The third-order valence-electron chi connectivity index (χ3n) is 3.78. The zero-order valence-corrected chi connectivity index (χ0v) is 13.6. The van der Waals surface area contributed by atoms with Crippen LogP contribution in [0.5, 0.6) is 17.2 Å². The molecule has 3 rings (SSSR count). The Bertz CT molecular complexity index is 763. The molecule has 25 heavy (non-hydrogen) atoms. The first kappa shape index (κ1) is 17.0. The molecule has 0 fully saturated rings. The molecule has 1 aliphatic heterocycles. The molecule has 2 N–H and O–H groups in total. The summed E-state index contributed by atoms with van der Waals surface area (Å²) in [7, 11) is 1.48. The minimum Gasteiger partial charge on any atom is -0.493 e. The quantitative estimate of drug-likeness (QED) is 0.866. The van der Waals surface area contributed by atoms with Gasteiger partial charge in [0.25, 0.3) is 5.91 Å². The maximum atomic E-state index is 13.2. The Labute approximate surface area is 144 Å². The SMILES string of the molecule is COc1cc(C(=O)NCC(O)c2cccc(F)c2)cc2c1OCCO2. The lowest BCUT2D eigenvalue weighted by Crippen LogP contribution is -2.28. The molecule has 7 heteroatoms. The zero-order chi connectivity index (χ0) is 17.8. The first-order valence-electron chi connectivity index (χ1n) is 7.78. The molecule has 0 saturated heterocycles. The summed E-state index contributed by atoms with van der Waals surface area (Å²) in [5.41, 5.74) is 0.701. The second-order valence-electron chi connectivity index (χ2n) is 5.48. The summed E-state index contributed by atoms with van der Waals surface area (Å²) >= 11 is 0. The largest absolute Gasteiger partial charge is 0.493 e. The Morgan fingerprint density at radius 3 is 2.88 bits per heavy atom. The number of carbonyl (C=O) groups excluding carboxylic acids is 1. The van der Waals surface area contributed by atoms with Gasteiger partial charge in [0.2, 0.25) is 5.75 Å². The molecule has 6 nitrogen and oxygen atoms in total. The predicted molar refractivity (Wildman–Crippen MR) is 87.7 cm³/mol. The number of fused-ring (bicyclic) bond motifs is 1. The van der Waals surface area contributed by atoms with E-state index in [0.29, 0.717) is 41.6 Å². The highest BCUT2D eigenvalue weighted by atomic mass is 19.1. The molecular weight excluding hydrogens is 329 g/mol. The van der Waals surface area contributed by atoms with Gasteiger partial charge in [0.15, 0.2) is 11.5 Å². The molecule has 1 aliphatic rings. The third-order valence-corrected chi connectivity index (χ3v) is 3.78. The molecule has 0 radical (unpaired) electrons. The van der Waals surface area contributed by atoms with Crippen LogP contribution in [0.1, 0.15) is 22.0 Å². The zero-order valence-electron chi connectivity index (χ0n) is 13.6. The number of aliphatic hydroxyl groups is 1. The Kier molecular flexibility index (Phi) is 5.04. The normalized spacial score (nSPS) is 13.9. The molecule has 1 amide bonds. The van der Waals surface area contributed by atoms with Crippen molar-refractivity contribution in [1.29, 1.82) is 0 Å². The predicted octanol–water partition coefficient (Wildman–Crippen LogP) is 2.07. The molecule has 1 unspecified atom stereocenters. The Balaban J connectivity index is 1.71. The van der Waals surface area contributed by atoms with Crippen LogP contribution in [0.3, 0.4) is 0 Å². The first-order valence-corrected chi connectivity index (χ1v) is 7.78. The van der Waals surface area contributed by atoms with E-state index in [1.165, 1.54) is 31.4 Å². The van der Waals surface area contributed by atoms with Crippen molar-refractivity contribution in [1.82, 2.24) is 5.32 Å². The fourth-order valence-electron chi connectivity index (χ4n) is 2.53. The van der Waals surface area contributed by atoms with Crippen LogP contribution in [0, 0.1) is 5.82 Å². The van der Waals surface area contributed by atoms with E-state index in [9.17, 15) is 14.3 Å². The molecular formula is C18H18FNO5. The molecule has 0 spiro atoms. The van der Waals surface area contributed by atoms with E-state index in [0.717, 1.165) is 0 Å². The standard InChI is InChI=1S/C18H18FNO5/c1-23-15-8-12(9-16-17(15)25-6-5-24-16)18(22)20-10-14(21)11-3-2-4-13(19)7-11/h2-4,7-9,14,21H,5-6,10H2,1H3,(H,20,22). The van der Waals surface area contributed by atoms with Gasteiger partial charge in [-0.15, -0.1) is 0 Å². The highest BCUT2D eigenvalue weighted by Gasteiger charge is 2.21. The van der Waals surface area contributed by atoms with Crippen LogP contribution in [0.4, 0.5) is 4.39 Å². The van der Waals surface area contributed by atoms with E-state index in [1.54, 1.807) is 12.1 Å². The lowest BCUT2D eigenvalue weighted by atomic mass is 10.1. The second-order valence-corrected chi connectivity index (χ2v) is 5.48. The van der Waals surface area contributed by atoms with Crippen molar-refractivity contribution in [2.24, 2.45) is 0 Å². The van der Waals surface area contributed by atoms with Gasteiger partial charge in [-0.05, 0) is 29.8 Å². The minimum atomic E-state index is -1.02. The van der Waals surface area contributed by atoms with Gasteiger partial charge in [0, 0.05) is 12.1 Å². The van der Waals surface area contributed by atoms with Crippen LogP contribution in [0.25, 0.3) is 0 Å². The van der Waals surface area contributed by atoms with E-state index in [1.807, 2.05) is 0 Å². The van der Waals surface area contributed by atoms with E-state index in [-0.39, 0.29) is 6.54 Å². The molecule has 0 aliphatic carbocycles. The Morgan fingerprint density at radius 1 is 1.32 bits per heavy atom. The third kappa shape index (κ3) is 3.83. The van der Waals surface area contributed by atoms with E-state index in [4.69, 9.17) is 14.2 Å². The number of hydrogen-bond acceptors (Lipinski definition) is 5. The van der Waals surface area contributed by atoms with Crippen LogP contribution in [0.2, 0.25) is 0 Å². The average molecular weight is 347 g/mol. The highest BCUT2D eigenvalue weighted by molar-refractivity contribution is 5.95. The van der Waals surface area contributed by atoms with Crippen LogP contribution in [-0.4, -0.2) is 37.9 Å². The number of ether oxygens (including phenoxy) is 3. The molecule has 0 saturated carbocycles. The fourth-order valence-corrected chi connectivity index (χ4v) is 2.53. The summed E-state index contributed by atoms with van der Waals surface area (Å²) in [6.45, 7) is 0.743. The van der Waals surface area contributed by atoms with Crippen molar-refractivity contribution >= 4 is 5.91 Å². The van der Waals surface area contributed by atoms with Crippen molar-refractivity contribution in [3.8, 4) is 17.2 Å². The van der Waals surface area contributed by atoms with Crippen molar-refractivity contribution in [3.05, 3.63) is 53.3 Å². The maximum absolute atomic E-state index is 13.2. The number of rotatable bonds is 5. The average Bonchev–Trinajstić information content (AvgIpc) is 2.64. The van der Waals surface area contributed by atoms with Crippen LogP contribution < -0.4 is 19.5 Å². The first-order chi connectivity index (χ1) is 12.1. The summed E-state index contributed by atoms with van der Waals surface area (Å²) in [4.78, 5) is 12.4. The lowest BCUT2D eigenvalue weighted by molar-refractivity contribution is 0.0914. The number of methoxy groups -OCH3 is 1. The monoisotopic (exact) mass is 347 g/mol. The fraction of sp³-hybridized carbons (Fsp3) is 0.278. The topological polar surface area (TPSA) is 77.0 Å². The van der Waals surface area contributed by atoms with E-state index in [2.05, 4.69) is 5.32 Å². The van der Waals surface area contributed by atoms with E-state index < -0.39 is 17.8 Å². The summed E-state index contributed by atoms with van der Waals surface area (Å²) in [6.07, 6.45) is -1.02. The van der Waals surface area contributed by atoms with Gasteiger partial charge >= 0.3 is 0 Å². The van der Waals surface area contributed by atoms with Gasteiger partial charge in [-0.1, -0.05) is 12.1 Å². The maximum Gasteiger partial charge on any atom is 0.251 e. The number of nitrogens with one attached hydrogen (secondary N) is 1. The number of carbonyl (C=O) groups is 1. The number of benzene rings is 2. The van der Waals surface area contributed by atoms with Crippen LogP contribution in [0.15, 0.2) is 36.4 Å². The summed E-state index contributed by atoms with van der Waals surface area (Å²) in [5.74, 6) is 0.435. The van der Waals surface area contributed by atoms with Gasteiger partial charge in [-0.3, -0.25) is 4.79 Å². The summed E-state index contributed by atoms with van der Waals surface area (Å²) < 4.78 is 29.4. The van der Waals surface area contributed by atoms with Gasteiger partial charge in [-0.25, -0.2) is 4.39 Å². The van der Waals surface area contributed by atoms with Crippen molar-refractivity contribution < 1.29 is 28.5 Å². The second kappa shape index (κ2) is 7.40. The lowest BCUT2D eigenvalue weighted by Gasteiger charge is -2.21. The van der Waals surface area contributed by atoms with Crippen LogP contribution in [-0.2, 0) is 0 Å². The van der Waals surface area contributed by atoms with Crippen molar-refractivity contribution in [2.75, 3.05) is 26.9 Å². The molecule has 1 heterocycles. The highest BCUT2D eigenvalue weighted by Crippen LogP contribution is 2.40. The molecule has 1 atom stereocenters. The molecule has 2 aromatic rings. The number of amides is 1. The van der Waals surface area contributed by atoms with Gasteiger partial charge < -0.3 is 24.6 Å². The van der Waals surface area contributed by atoms with Gasteiger partial charge in [0.05, 0.1) is 13.2 Å². The van der Waals surface area contributed by atoms with Crippen LogP contribution >= 0.6 is 0 Å². The smallest absolute Gasteiger partial charge is 0.251 e. The van der Waals surface area contributed by atoms with Crippen molar-refractivity contribution in [2.45, 2.75) is 6.10 Å². The Morgan fingerprint density at radius 2 is 2.12 bits per heavy atom. The Hall–Kier alpha value is -2.80.